The Hall–Kier alpha value is -1.04. The summed E-state index contributed by atoms with van der Waals surface area (Å²) in [6.07, 6.45) is -3.58. The summed E-state index contributed by atoms with van der Waals surface area (Å²) in [5.74, 6) is 0.0641. The fourth-order valence-electron chi connectivity index (χ4n) is 1.81. The minimum absolute atomic E-state index is 0.0372. The molecule has 20 heavy (non-hydrogen) atoms. The zero-order chi connectivity index (χ0) is 15.3. The Balaban J connectivity index is 2.72. The van der Waals surface area contributed by atoms with E-state index in [-0.39, 0.29) is 17.5 Å². The van der Waals surface area contributed by atoms with Crippen LogP contribution in [-0.2, 0) is 6.18 Å². The highest BCUT2D eigenvalue weighted by atomic mass is 79.9. The molecule has 2 nitrogen and oxygen atoms in total. The zero-order valence-corrected chi connectivity index (χ0v) is 12.9. The van der Waals surface area contributed by atoms with E-state index in [2.05, 4.69) is 21.2 Å². The molecule has 0 fully saturated rings. The van der Waals surface area contributed by atoms with E-state index in [1.165, 1.54) is 12.1 Å². The third-order valence-electron chi connectivity index (χ3n) is 2.75. The minimum Gasteiger partial charge on any atom is -0.348 e. The Morgan fingerprint density at radius 1 is 1.25 bits per heavy atom. The molecule has 0 aliphatic rings. The molecule has 0 aromatic heterocycles. The van der Waals surface area contributed by atoms with Gasteiger partial charge in [-0.15, -0.1) is 0 Å². The summed E-state index contributed by atoms with van der Waals surface area (Å²) in [6, 6.07) is 4.18. The van der Waals surface area contributed by atoms with Crippen LogP contribution in [0.1, 0.15) is 36.2 Å². The van der Waals surface area contributed by atoms with Crippen molar-refractivity contribution >= 4 is 21.8 Å². The number of hydrogen-bond acceptors (Lipinski definition) is 1. The number of amides is 1. The number of nitrogens with one attached hydrogen (secondary N) is 1. The van der Waals surface area contributed by atoms with Gasteiger partial charge < -0.3 is 5.32 Å². The van der Waals surface area contributed by atoms with Gasteiger partial charge in [0.25, 0.3) is 5.91 Å². The highest BCUT2D eigenvalue weighted by Gasteiger charge is 2.30. The van der Waals surface area contributed by atoms with E-state index < -0.39 is 11.7 Å². The molecule has 1 aromatic carbocycles. The number of carbonyl (C=O) groups is 1. The maximum Gasteiger partial charge on any atom is 0.416 e. The topological polar surface area (TPSA) is 29.1 Å². The lowest BCUT2D eigenvalue weighted by atomic mass is 10.0. The highest BCUT2D eigenvalue weighted by molar-refractivity contribution is 9.09. The van der Waals surface area contributed by atoms with Gasteiger partial charge in [0.2, 0.25) is 0 Å². The van der Waals surface area contributed by atoms with E-state index in [0.717, 1.165) is 18.6 Å². The van der Waals surface area contributed by atoms with Crippen LogP contribution in [0.4, 0.5) is 13.2 Å². The molecule has 0 aliphatic carbocycles. The predicted octanol–water partition coefficient (Wildman–Crippen LogP) is 4.24. The fraction of sp³-hybridized carbons (Fsp3) is 0.500. The van der Waals surface area contributed by atoms with Crippen molar-refractivity contribution in [3.05, 3.63) is 35.4 Å². The zero-order valence-electron chi connectivity index (χ0n) is 11.3. The summed E-state index contributed by atoms with van der Waals surface area (Å²) in [5.41, 5.74) is -0.527. The molecule has 1 aromatic rings. The van der Waals surface area contributed by atoms with Gasteiger partial charge in [0.15, 0.2) is 0 Å². The molecule has 0 heterocycles. The number of carbonyl (C=O) groups excluding carboxylic acids is 1. The average Bonchev–Trinajstić information content (AvgIpc) is 2.36. The summed E-state index contributed by atoms with van der Waals surface area (Å²) in [4.78, 5) is 11.9. The number of alkyl halides is 4. The van der Waals surface area contributed by atoms with Gasteiger partial charge in [-0.05, 0) is 36.6 Å². The van der Waals surface area contributed by atoms with Crippen molar-refractivity contribution in [1.29, 1.82) is 0 Å². The molecule has 1 amide bonds. The van der Waals surface area contributed by atoms with E-state index in [1.807, 2.05) is 13.8 Å². The van der Waals surface area contributed by atoms with Gasteiger partial charge in [0, 0.05) is 16.9 Å². The van der Waals surface area contributed by atoms with Crippen LogP contribution in [0.5, 0.6) is 0 Å². The van der Waals surface area contributed by atoms with Crippen molar-refractivity contribution in [1.82, 2.24) is 5.32 Å². The summed E-state index contributed by atoms with van der Waals surface area (Å²) in [5, 5.41) is 3.41. The monoisotopic (exact) mass is 351 g/mol. The lowest BCUT2D eigenvalue weighted by molar-refractivity contribution is -0.137. The average molecular weight is 352 g/mol. The standard InChI is InChI=1S/C14H17BrF3NO/c1-9(2)7-12(8-15)19-13(20)10-3-5-11(6-4-10)14(16,17)18/h3-6,9,12H,7-8H2,1-2H3,(H,19,20). The van der Waals surface area contributed by atoms with E-state index in [9.17, 15) is 18.0 Å². The van der Waals surface area contributed by atoms with Crippen molar-refractivity contribution in [3.63, 3.8) is 0 Å². The van der Waals surface area contributed by atoms with Crippen LogP contribution in [0, 0.1) is 5.92 Å². The summed E-state index contributed by atoms with van der Waals surface area (Å²) in [7, 11) is 0. The Labute approximate surface area is 124 Å². The highest BCUT2D eigenvalue weighted by Crippen LogP contribution is 2.29. The van der Waals surface area contributed by atoms with Crippen molar-refractivity contribution in [2.75, 3.05) is 5.33 Å². The van der Waals surface area contributed by atoms with Gasteiger partial charge in [-0.3, -0.25) is 4.79 Å². The van der Waals surface area contributed by atoms with Crippen LogP contribution >= 0.6 is 15.9 Å². The van der Waals surface area contributed by atoms with Gasteiger partial charge in [-0.2, -0.15) is 13.2 Å². The quantitative estimate of drug-likeness (QED) is 0.789. The molecule has 6 heteroatoms. The van der Waals surface area contributed by atoms with Gasteiger partial charge in [-0.1, -0.05) is 29.8 Å². The second-order valence-corrected chi connectivity index (χ2v) is 5.68. The molecule has 0 spiro atoms. The first-order chi connectivity index (χ1) is 9.24. The molecule has 0 bridgehead atoms. The van der Waals surface area contributed by atoms with E-state index in [1.54, 1.807) is 0 Å². The van der Waals surface area contributed by atoms with Crippen LogP contribution in [0.3, 0.4) is 0 Å². The number of halogens is 4. The minimum atomic E-state index is -4.38. The molecule has 0 saturated heterocycles. The second-order valence-electron chi connectivity index (χ2n) is 5.03. The normalized spacial score (nSPS) is 13.3. The molecule has 1 unspecified atom stereocenters. The third kappa shape index (κ3) is 5.15. The van der Waals surface area contributed by atoms with Gasteiger partial charge >= 0.3 is 6.18 Å². The Morgan fingerprint density at radius 2 is 1.80 bits per heavy atom. The lowest BCUT2D eigenvalue weighted by Gasteiger charge is -2.18. The van der Waals surface area contributed by atoms with Crippen molar-refractivity contribution in [3.8, 4) is 0 Å². The fourth-order valence-corrected chi connectivity index (χ4v) is 2.24. The lowest BCUT2D eigenvalue weighted by Crippen LogP contribution is -2.37. The van der Waals surface area contributed by atoms with Gasteiger partial charge in [0.05, 0.1) is 5.56 Å². The Kier molecular flexibility index (Phi) is 6.05. The molecular weight excluding hydrogens is 335 g/mol. The second kappa shape index (κ2) is 7.11. The summed E-state index contributed by atoms with van der Waals surface area (Å²) < 4.78 is 37.3. The largest absolute Gasteiger partial charge is 0.416 e. The van der Waals surface area contributed by atoms with Gasteiger partial charge in [-0.25, -0.2) is 0 Å². The molecule has 1 rings (SSSR count). The van der Waals surface area contributed by atoms with Crippen LogP contribution < -0.4 is 5.32 Å². The smallest absolute Gasteiger partial charge is 0.348 e. The third-order valence-corrected chi connectivity index (χ3v) is 3.53. The van der Waals surface area contributed by atoms with Crippen LogP contribution in [0.15, 0.2) is 24.3 Å². The molecule has 1 N–H and O–H groups in total. The molecular formula is C14H17BrF3NO. The van der Waals surface area contributed by atoms with Crippen molar-refractivity contribution in [2.45, 2.75) is 32.5 Å². The molecule has 112 valence electrons. The SMILES string of the molecule is CC(C)CC(CBr)NC(=O)c1ccc(C(F)(F)F)cc1. The number of hydrogen-bond donors (Lipinski definition) is 1. The number of benzene rings is 1. The summed E-state index contributed by atoms with van der Waals surface area (Å²) in [6.45, 7) is 4.08. The van der Waals surface area contributed by atoms with Crippen LogP contribution in [0.25, 0.3) is 0 Å². The maximum absolute atomic E-state index is 12.4. The molecule has 0 saturated carbocycles. The van der Waals surface area contributed by atoms with E-state index >= 15 is 0 Å². The molecule has 0 aliphatic heterocycles. The van der Waals surface area contributed by atoms with E-state index in [4.69, 9.17) is 0 Å². The molecule has 0 radical (unpaired) electrons. The van der Waals surface area contributed by atoms with Crippen molar-refractivity contribution < 1.29 is 18.0 Å². The van der Waals surface area contributed by atoms with Crippen LogP contribution in [0.2, 0.25) is 0 Å². The molecule has 1 atom stereocenters. The van der Waals surface area contributed by atoms with Gasteiger partial charge in [0.1, 0.15) is 0 Å². The predicted molar refractivity (Wildman–Crippen MR) is 75.9 cm³/mol. The first-order valence-corrected chi connectivity index (χ1v) is 7.40. The first-order valence-electron chi connectivity index (χ1n) is 6.28. The summed E-state index contributed by atoms with van der Waals surface area (Å²) >= 11 is 3.32. The van der Waals surface area contributed by atoms with Crippen molar-refractivity contribution in [2.24, 2.45) is 5.92 Å². The Bertz CT molecular complexity index is 443. The van der Waals surface area contributed by atoms with E-state index in [0.29, 0.717) is 11.2 Å². The first kappa shape index (κ1) is 17.0. The van der Waals surface area contributed by atoms with Crippen LogP contribution in [-0.4, -0.2) is 17.3 Å². The maximum atomic E-state index is 12.4. The Morgan fingerprint density at radius 3 is 2.20 bits per heavy atom. The number of rotatable bonds is 5.